The van der Waals surface area contributed by atoms with Crippen LogP contribution in [0.4, 0.5) is 0 Å². The maximum Gasteiger partial charge on any atom is 0.341 e. The van der Waals surface area contributed by atoms with Crippen molar-refractivity contribution in [1.82, 2.24) is 4.90 Å². The van der Waals surface area contributed by atoms with Crippen LogP contribution in [0.1, 0.15) is 13.3 Å². The lowest BCUT2D eigenvalue weighted by Crippen LogP contribution is -2.20. The molecule has 0 radical (unpaired) electrons. The molecule has 0 rings (SSSR count). The van der Waals surface area contributed by atoms with Crippen LogP contribution in [0.3, 0.4) is 0 Å². The fourth-order valence-electron chi connectivity index (χ4n) is 0.962. The average Bonchev–Trinajstić information content (AvgIpc) is 2.15. The number of allylic oxidation sites excluding steroid dienone is 1. The quantitative estimate of drug-likeness (QED) is 0.282. The zero-order chi connectivity index (χ0) is 11.1. The summed E-state index contributed by atoms with van der Waals surface area (Å²) < 4.78 is 4.49. The number of hydrogen-bond acceptors (Lipinski definition) is 4. The predicted molar refractivity (Wildman–Crippen MR) is 54.0 cm³/mol. The van der Waals surface area contributed by atoms with E-state index in [1.807, 2.05) is 19.0 Å². The van der Waals surface area contributed by atoms with E-state index in [0.29, 0.717) is 13.0 Å². The molecule has 4 nitrogen and oxygen atoms in total. The van der Waals surface area contributed by atoms with Gasteiger partial charge < -0.3 is 9.64 Å². The average molecular weight is 199 g/mol. The van der Waals surface area contributed by atoms with Gasteiger partial charge in [-0.3, -0.25) is 4.79 Å². The van der Waals surface area contributed by atoms with Gasteiger partial charge in [0.1, 0.15) is 0 Å². The number of Topliss-reactive ketones (excluding diaryl/α,β-unsaturated/α-hetero) is 1. The van der Waals surface area contributed by atoms with Crippen LogP contribution < -0.4 is 0 Å². The van der Waals surface area contributed by atoms with E-state index in [9.17, 15) is 9.59 Å². The van der Waals surface area contributed by atoms with Gasteiger partial charge in [-0.25, -0.2) is 4.79 Å². The zero-order valence-corrected chi connectivity index (χ0v) is 9.16. The zero-order valence-electron chi connectivity index (χ0n) is 9.16. The first kappa shape index (κ1) is 12.8. The van der Waals surface area contributed by atoms with Gasteiger partial charge in [0.15, 0.2) is 5.78 Å². The van der Waals surface area contributed by atoms with E-state index < -0.39 is 5.97 Å². The molecule has 0 aliphatic carbocycles. The van der Waals surface area contributed by atoms with E-state index in [-0.39, 0.29) is 11.4 Å². The van der Waals surface area contributed by atoms with Gasteiger partial charge in [-0.05, 0) is 21.0 Å². The van der Waals surface area contributed by atoms with Gasteiger partial charge in [0.2, 0.25) is 0 Å². The minimum Gasteiger partial charge on any atom is -0.465 e. The first-order valence-electron chi connectivity index (χ1n) is 4.45. The summed E-state index contributed by atoms with van der Waals surface area (Å²) in [5.41, 5.74) is 0.134. The maximum atomic E-state index is 11.5. The lowest BCUT2D eigenvalue weighted by Gasteiger charge is -2.09. The first-order valence-corrected chi connectivity index (χ1v) is 4.45. The number of ketones is 1. The molecular weight excluding hydrogens is 182 g/mol. The molecule has 4 heteroatoms. The molecule has 0 N–H and O–H groups in total. The van der Waals surface area contributed by atoms with Gasteiger partial charge in [0, 0.05) is 13.0 Å². The van der Waals surface area contributed by atoms with Gasteiger partial charge in [-0.15, -0.1) is 0 Å². The molecule has 14 heavy (non-hydrogen) atoms. The molecule has 0 aromatic carbocycles. The molecule has 0 saturated heterocycles. The van der Waals surface area contributed by atoms with Crippen LogP contribution in [0.2, 0.25) is 0 Å². The lowest BCUT2D eigenvalue weighted by atomic mass is 10.1. The van der Waals surface area contributed by atoms with Crippen LogP contribution in [0.15, 0.2) is 11.6 Å². The van der Waals surface area contributed by atoms with Crippen molar-refractivity contribution in [1.29, 1.82) is 0 Å². The number of nitrogens with zero attached hydrogens (tertiary/aromatic N) is 1. The minimum atomic E-state index is -0.559. The van der Waals surface area contributed by atoms with Crippen LogP contribution in [0.5, 0.6) is 0 Å². The first-order chi connectivity index (χ1) is 6.52. The number of carbonyl (C=O) groups is 2. The Hall–Kier alpha value is -1.16. The SMILES string of the molecule is C/C=C(\C(=O)CCN(C)C)C(=O)OC. The lowest BCUT2D eigenvalue weighted by molar-refractivity contribution is -0.137. The smallest absolute Gasteiger partial charge is 0.341 e. The normalized spacial score (nSPS) is 11.6. The van der Waals surface area contributed by atoms with Crippen molar-refractivity contribution in [3.05, 3.63) is 11.6 Å². The maximum absolute atomic E-state index is 11.5. The monoisotopic (exact) mass is 199 g/mol. The van der Waals surface area contributed by atoms with Crippen molar-refractivity contribution in [2.24, 2.45) is 0 Å². The van der Waals surface area contributed by atoms with Crippen molar-refractivity contribution in [3.63, 3.8) is 0 Å². The topological polar surface area (TPSA) is 46.6 Å². The summed E-state index contributed by atoms with van der Waals surface area (Å²) in [4.78, 5) is 24.5. The second kappa shape index (κ2) is 6.32. The molecule has 0 spiro atoms. The van der Waals surface area contributed by atoms with E-state index in [1.165, 1.54) is 13.2 Å². The van der Waals surface area contributed by atoms with E-state index in [0.717, 1.165) is 0 Å². The summed E-state index contributed by atoms with van der Waals surface area (Å²) in [7, 11) is 5.02. The Labute approximate surface area is 84.5 Å². The summed E-state index contributed by atoms with van der Waals surface area (Å²) in [5, 5.41) is 0. The second-order valence-electron chi connectivity index (χ2n) is 3.17. The Morgan fingerprint density at radius 1 is 1.36 bits per heavy atom. The third-order valence-electron chi connectivity index (χ3n) is 1.78. The highest BCUT2D eigenvalue weighted by Gasteiger charge is 2.17. The van der Waals surface area contributed by atoms with E-state index in [1.54, 1.807) is 6.92 Å². The van der Waals surface area contributed by atoms with E-state index in [2.05, 4.69) is 4.74 Å². The number of ether oxygens (including phenoxy) is 1. The molecule has 0 bridgehead atoms. The summed E-state index contributed by atoms with van der Waals surface area (Å²) >= 11 is 0. The molecule has 80 valence electrons. The highest BCUT2D eigenvalue weighted by atomic mass is 16.5. The van der Waals surface area contributed by atoms with Crippen molar-refractivity contribution >= 4 is 11.8 Å². The van der Waals surface area contributed by atoms with Gasteiger partial charge in [-0.2, -0.15) is 0 Å². The molecule has 0 fully saturated rings. The van der Waals surface area contributed by atoms with Crippen LogP contribution in [-0.4, -0.2) is 44.4 Å². The fourth-order valence-corrected chi connectivity index (χ4v) is 0.962. The van der Waals surface area contributed by atoms with Gasteiger partial charge in [0.25, 0.3) is 0 Å². The summed E-state index contributed by atoms with van der Waals surface area (Å²) in [6.07, 6.45) is 1.82. The Balaban J connectivity index is 4.28. The molecule has 0 aromatic heterocycles. The van der Waals surface area contributed by atoms with Crippen molar-refractivity contribution in [2.45, 2.75) is 13.3 Å². The molecular formula is C10H17NO3. The fraction of sp³-hybridized carbons (Fsp3) is 0.600. The minimum absolute atomic E-state index is 0.134. The molecule has 0 aromatic rings. The Morgan fingerprint density at radius 3 is 2.29 bits per heavy atom. The van der Waals surface area contributed by atoms with Crippen LogP contribution in [0.25, 0.3) is 0 Å². The Kier molecular flexibility index (Phi) is 5.79. The molecule has 0 heterocycles. The van der Waals surface area contributed by atoms with Crippen LogP contribution >= 0.6 is 0 Å². The van der Waals surface area contributed by atoms with Gasteiger partial charge in [-0.1, -0.05) is 6.08 Å². The largest absolute Gasteiger partial charge is 0.465 e. The summed E-state index contributed by atoms with van der Waals surface area (Å²) in [6, 6.07) is 0. The number of esters is 1. The Morgan fingerprint density at radius 2 is 1.93 bits per heavy atom. The highest BCUT2D eigenvalue weighted by molar-refractivity contribution is 6.17. The molecule has 0 unspecified atom stereocenters. The van der Waals surface area contributed by atoms with Gasteiger partial charge >= 0.3 is 5.97 Å². The van der Waals surface area contributed by atoms with Crippen LogP contribution in [-0.2, 0) is 14.3 Å². The molecule has 0 atom stereocenters. The number of carbonyl (C=O) groups excluding carboxylic acids is 2. The van der Waals surface area contributed by atoms with E-state index >= 15 is 0 Å². The third-order valence-corrected chi connectivity index (χ3v) is 1.78. The van der Waals surface area contributed by atoms with E-state index in [4.69, 9.17) is 0 Å². The van der Waals surface area contributed by atoms with Crippen LogP contribution in [0, 0.1) is 0 Å². The molecule has 0 aliphatic rings. The standard InChI is InChI=1S/C10H17NO3/c1-5-8(10(13)14-4)9(12)6-7-11(2)3/h5H,6-7H2,1-4H3/b8-5+. The number of methoxy groups -OCH3 is 1. The number of hydrogen-bond donors (Lipinski definition) is 0. The summed E-state index contributed by atoms with van der Waals surface area (Å²) in [5.74, 6) is -0.732. The van der Waals surface area contributed by atoms with Crippen molar-refractivity contribution < 1.29 is 14.3 Å². The molecule has 0 aliphatic heterocycles. The highest BCUT2D eigenvalue weighted by Crippen LogP contribution is 2.03. The van der Waals surface area contributed by atoms with Crippen molar-refractivity contribution in [2.75, 3.05) is 27.7 Å². The third kappa shape index (κ3) is 4.18. The number of rotatable bonds is 5. The Bertz CT molecular complexity index is 244. The van der Waals surface area contributed by atoms with Gasteiger partial charge in [0.05, 0.1) is 12.7 Å². The second-order valence-corrected chi connectivity index (χ2v) is 3.17. The predicted octanol–water partition coefficient (Wildman–Crippen LogP) is 0.626. The van der Waals surface area contributed by atoms with Crippen molar-refractivity contribution in [3.8, 4) is 0 Å². The summed E-state index contributed by atoms with van der Waals surface area (Å²) in [6.45, 7) is 2.28. The molecule has 0 amide bonds. The molecule has 0 saturated carbocycles.